The molecule has 5 heteroatoms. The Hall–Kier alpha value is -2.11. The molecule has 0 saturated heterocycles. The van der Waals surface area contributed by atoms with Crippen molar-refractivity contribution in [1.29, 1.82) is 0 Å². The predicted molar refractivity (Wildman–Crippen MR) is 104 cm³/mol. The molecular weight excluding hydrogens is 311 g/mol. The number of nitrogens with zero attached hydrogens (tertiary/aromatic N) is 1. The van der Waals surface area contributed by atoms with Crippen LogP contribution in [-0.4, -0.2) is 38.6 Å². The van der Waals surface area contributed by atoms with E-state index in [0.717, 1.165) is 22.3 Å². The van der Waals surface area contributed by atoms with Crippen molar-refractivity contribution in [3.63, 3.8) is 0 Å². The van der Waals surface area contributed by atoms with Crippen LogP contribution in [0.3, 0.4) is 0 Å². The lowest BCUT2D eigenvalue weighted by molar-refractivity contribution is -0.123. The molecule has 2 N–H and O–H groups in total. The number of hydrogen-bond acceptors (Lipinski definition) is 3. The first kappa shape index (κ1) is 17.7. The van der Waals surface area contributed by atoms with Gasteiger partial charge in [-0.3, -0.25) is 4.79 Å². The molecule has 3 rings (SSSR count). The zero-order valence-corrected chi connectivity index (χ0v) is 15.3. The van der Waals surface area contributed by atoms with E-state index >= 15 is 0 Å². The van der Waals surface area contributed by atoms with Crippen molar-refractivity contribution in [2.24, 2.45) is 0 Å². The van der Waals surface area contributed by atoms with Gasteiger partial charge in [-0.1, -0.05) is 47.9 Å². The third-order valence-corrected chi connectivity index (χ3v) is 5.04. The standard InChI is InChI=1S/C20H25BN2O2/c1-20(2)15-11-14(21)9-10-16(15)23(19(20)25)18(17(24)12-22-3)13-7-5-4-6-8-13/h4-11,17-18,22,24H,12,21H2,1-3H3/t17-,18+/m1/s1. The lowest BCUT2D eigenvalue weighted by atomic mass is 9.82. The minimum atomic E-state index is -0.709. The first-order chi connectivity index (χ1) is 11.9. The number of carbonyl (C=O) groups is 1. The van der Waals surface area contributed by atoms with Gasteiger partial charge in [0.15, 0.2) is 0 Å². The number of benzene rings is 2. The molecule has 2 aromatic carbocycles. The summed E-state index contributed by atoms with van der Waals surface area (Å²) < 4.78 is 0. The van der Waals surface area contributed by atoms with Gasteiger partial charge in [-0.25, -0.2) is 0 Å². The van der Waals surface area contributed by atoms with Gasteiger partial charge in [0.05, 0.1) is 17.6 Å². The highest BCUT2D eigenvalue weighted by molar-refractivity contribution is 6.32. The van der Waals surface area contributed by atoms with Gasteiger partial charge in [-0.2, -0.15) is 0 Å². The SMILES string of the molecule is Bc1ccc2c(c1)C(C)(C)C(=O)N2[C@@H](c1ccccc1)[C@H](O)CNC. The first-order valence-electron chi connectivity index (χ1n) is 8.70. The molecule has 130 valence electrons. The van der Waals surface area contributed by atoms with Crippen molar-refractivity contribution in [2.45, 2.75) is 31.4 Å². The molecule has 0 bridgehead atoms. The average Bonchev–Trinajstić information content (AvgIpc) is 2.77. The molecule has 2 atom stereocenters. The molecule has 1 aliphatic heterocycles. The summed E-state index contributed by atoms with van der Waals surface area (Å²) in [5, 5.41) is 13.9. The number of carbonyl (C=O) groups excluding carboxylic acids is 1. The second-order valence-corrected chi connectivity index (χ2v) is 7.30. The van der Waals surface area contributed by atoms with Gasteiger partial charge in [-0.05, 0) is 38.1 Å². The summed E-state index contributed by atoms with van der Waals surface area (Å²) in [6.45, 7) is 4.32. The average molecular weight is 336 g/mol. The Bertz CT molecular complexity index is 777. The maximum atomic E-state index is 13.3. The zero-order chi connectivity index (χ0) is 18.2. The van der Waals surface area contributed by atoms with Crippen molar-refractivity contribution in [3.8, 4) is 0 Å². The minimum Gasteiger partial charge on any atom is -0.389 e. The summed E-state index contributed by atoms with van der Waals surface area (Å²) in [6, 6.07) is 15.4. The number of nitrogens with one attached hydrogen (secondary N) is 1. The van der Waals surface area contributed by atoms with Crippen LogP contribution >= 0.6 is 0 Å². The van der Waals surface area contributed by atoms with Crippen molar-refractivity contribution >= 4 is 24.9 Å². The summed E-state index contributed by atoms with van der Waals surface area (Å²) in [7, 11) is 3.84. The largest absolute Gasteiger partial charge is 0.389 e. The molecule has 25 heavy (non-hydrogen) atoms. The second-order valence-electron chi connectivity index (χ2n) is 7.30. The van der Waals surface area contributed by atoms with Gasteiger partial charge in [0, 0.05) is 12.2 Å². The number of fused-ring (bicyclic) bond motifs is 1. The van der Waals surface area contributed by atoms with E-state index in [1.807, 2.05) is 64.2 Å². The molecule has 0 fully saturated rings. The van der Waals surface area contributed by atoms with Crippen LogP contribution in [0.15, 0.2) is 48.5 Å². The smallest absolute Gasteiger partial charge is 0.237 e. The molecule has 1 heterocycles. The van der Waals surface area contributed by atoms with Gasteiger partial charge in [0.1, 0.15) is 7.85 Å². The van der Waals surface area contributed by atoms with Crippen LogP contribution in [-0.2, 0) is 10.2 Å². The van der Waals surface area contributed by atoms with Crippen molar-refractivity contribution in [1.82, 2.24) is 5.32 Å². The van der Waals surface area contributed by atoms with E-state index in [9.17, 15) is 9.90 Å². The van der Waals surface area contributed by atoms with Crippen molar-refractivity contribution < 1.29 is 9.90 Å². The number of rotatable bonds is 5. The Labute approximate surface area is 150 Å². The molecule has 0 spiro atoms. The van der Waals surface area contributed by atoms with Crippen LogP contribution in [0.1, 0.15) is 31.0 Å². The highest BCUT2D eigenvalue weighted by atomic mass is 16.3. The predicted octanol–water partition coefficient (Wildman–Crippen LogP) is 0.891. The van der Waals surface area contributed by atoms with Crippen LogP contribution < -0.4 is 15.7 Å². The van der Waals surface area contributed by atoms with Crippen LogP contribution in [0.5, 0.6) is 0 Å². The Morgan fingerprint density at radius 3 is 2.52 bits per heavy atom. The fourth-order valence-corrected chi connectivity index (χ4v) is 3.68. The molecule has 4 nitrogen and oxygen atoms in total. The Morgan fingerprint density at radius 1 is 1.20 bits per heavy atom. The fraction of sp³-hybridized carbons (Fsp3) is 0.350. The molecule has 2 aromatic rings. The summed E-state index contributed by atoms with van der Waals surface area (Å²) in [4.78, 5) is 15.1. The Kier molecular flexibility index (Phi) is 4.72. The number of hydrogen-bond donors (Lipinski definition) is 2. The molecule has 0 radical (unpaired) electrons. The Morgan fingerprint density at radius 2 is 1.88 bits per heavy atom. The molecule has 1 aliphatic rings. The quantitative estimate of drug-likeness (QED) is 0.798. The first-order valence-corrected chi connectivity index (χ1v) is 8.70. The second kappa shape index (κ2) is 6.66. The maximum absolute atomic E-state index is 13.3. The van der Waals surface area contributed by atoms with Crippen molar-refractivity contribution in [3.05, 3.63) is 59.7 Å². The van der Waals surface area contributed by atoms with Gasteiger partial charge in [0.2, 0.25) is 5.91 Å². The van der Waals surface area contributed by atoms with E-state index in [0.29, 0.717) is 6.54 Å². The summed E-state index contributed by atoms with van der Waals surface area (Å²) in [5.74, 6) is 0.0251. The normalized spacial score (nSPS) is 18.1. The minimum absolute atomic E-state index is 0.0251. The van der Waals surface area contributed by atoms with Gasteiger partial charge in [0.25, 0.3) is 0 Å². The van der Waals surface area contributed by atoms with E-state index in [-0.39, 0.29) is 5.91 Å². The monoisotopic (exact) mass is 336 g/mol. The molecule has 0 saturated carbocycles. The van der Waals surface area contributed by atoms with Crippen LogP contribution in [0.2, 0.25) is 0 Å². The number of aliphatic hydroxyl groups is 1. The summed E-state index contributed by atoms with van der Waals surface area (Å²) in [5.41, 5.74) is 3.38. The number of aliphatic hydroxyl groups excluding tert-OH is 1. The zero-order valence-electron chi connectivity index (χ0n) is 15.3. The molecular formula is C20H25BN2O2. The topological polar surface area (TPSA) is 52.6 Å². The summed E-state index contributed by atoms with van der Waals surface area (Å²) in [6.07, 6.45) is -0.709. The van der Waals surface area contributed by atoms with E-state index < -0.39 is 17.6 Å². The fourth-order valence-electron chi connectivity index (χ4n) is 3.68. The summed E-state index contributed by atoms with van der Waals surface area (Å²) >= 11 is 0. The van der Waals surface area contributed by atoms with E-state index in [2.05, 4.69) is 11.4 Å². The molecule has 0 aromatic heterocycles. The lowest BCUT2D eigenvalue weighted by Crippen LogP contribution is -2.45. The van der Waals surface area contributed by atoms with Gasteiger partial charge in [-0.15, -0.1) is 0 Å². The lowest BCUT2D eigenvalue weighted by Gasteiger charge is -2.33. The van der Waals surface area contributed by atoms with Gasteiger partial charge < -0.3 is 15.3 Å². The van der Waals surface area contributed by atoms with Crippen molar-refractivity contribution in [2.75, 3.05) is 18.5 Å². The third-order valence-electron chi connectivity index (χ3n) is 5.04. The maximum Gasteiger partial charge on any atom is 0.237 e. The van der Waals surface area contributed by atoms with E-state index in [4.69, 9.17) is 0 Å². The molecule has 0 unspecified atom stereocenters. The van der Waals surface area contributed by atoms with Crippen LogP contribution in [0.25, 0.3) is 0 Å². The third kappa shape index (κ3) is 2.98. The van der Waals surface area contributed by atoms with E-state index in [1.165, 1.54) is 0 Å². The number of anilines is 1. The van der Waals surface area contributed by atoms with Crippen LogP contribution in [0.4, 0.5) is 5.69 Å². The highest BCUT2D eigenvalue weighted by Crippen LogP contribution is 2.45. The number of likely N-dealkylation sites (N-methyl/N-ethyl adjacent to an activating group) is 1. The Balaban J connectivity index is 2.15. The highest BCUT2D eigenvalue weighted by Gasteiger charge is 2.48. The number of amides is 1. The molecule has 1 amide bonds. The van der Waals surface area contributed by atoms with Crippen LogP contribution in [0, 0.1) is 0 Å². The molecule has 0 aliphatic carbocycles. The van der Waals surface area contributed by atoms with E-state index in [1.54, 1.807) is 11.9 Å². The van der Waals surface area contributed by atoms with Gasteiger partial charge >= 0.3 is 0 Å².